The van der Waals surface area contributed by atoms with E-state index in [1.165, 1.54) is 25.2 Å². The molecule has 1 aliphatic heterocycles. The molecule has 4 atom stereocenters. The summed E-state index contributed by atoms with van der Waals surface area (Å²) < 4.78 is 106. The van der Waals surface area contributed by atoms with Crippen molar-refractivity contribution in [2.45, 2.75) is 44.3 Å². The van der Waals surface area contributed by atoms with Crippen LogP contribution in [0.1, 0.15) is 35.5 Å². The molecule has 0 bridgehead atoms. The van der Waals surface area contributed by atoms with Gasteiger partial charge in [-0.3, -0.25) is 9.88 Å². The average molecular weight is 548 g/mol. The van der Waals surface area contributed by atoms with Crippen LogP contribution in [0.5, 0.6) is 0 Å². The fourth-order valence-corrected chi connectivity index (χ4v) is 4.33. The lowest BCUT2D eigenvalue weighted by Gasteiger charge is -2.43. The summed E-state index contributed by atoms with van der Waals surface area (Å²) in [5.41, 5.74) is -3.79. The highest BCUT2D eigenvalue weighted by atomic mass is 19.4. The normalized spacial score (nSPS) is 23.8. The summed E-state index contributed by atoms with van der Waals surface area (Å²) in [7, 11) is 0. The highest BCUT2D eigenvalue weighted by Crippen LogP contribution is 2.39. The Kier molecular flexibility index (Phi) is 7.95. The predicted octanol–water partition coefficient (Wildman–Crippen LogP) is 5.04. The van der Waals surface area contributed by atoms with Crippen LogP contribution in [0.15, 0.2) is 59.2 Å². The number of hydrogen-bond acceptors (Lipinski definition) is 5. The van der Waals surface area contributed by atoms with Crippen LogP contribution in [-0.4, -0.2) is 45.6 Å². The van der Waals surface area contributed by atoms with Gasteiger partial charge in [0.25, 0.3) is 0 Å². The van der Waals surface area contributed by atoms with E-state index in [9.17, 15) is 35.5 Å². The van der Waals surface area contributed by atoms with E-state index in [0.717, 1.165) is 0 Å². The zero-order valence-electron chi connectivity index (χ0n) is 19.8. The molecular formula is C24H23F7N4O3. The topological polar surface area (TPSA) is 83.2 Å². The van der Waals surface area contributed by atoms with Gasteiger partial charge < -0.3 is 9.47 Å². The Bertz CT molecular complexity index is 1250. The number of aromatic amines is 2. The van der Waals surface area contributed by atoms with E-state index >= 15 is 0 Å². The molecule has 1 aromatic carbocycles. The van der Waals surface area contributed by atoms with E-state index in [-0.39, 0.29) is 30.6 Å². The standard InChI is InChI=1S/C24H23F7N4O3/c1-13(15-9-16(23(26,27)28)11-17(10-15)24(29,30)31)38-21-20(14-3-2-4-18(25)6-5-14)35(7-8-37-21)12-19-32-22(36)34-33-19/h2-6,9-11,13-14,20-21H,7-8,12H2,1H3,(H2,32,33,34,36). The number of morpholine rings is 1. The molecule has 0 spiro atoms. The largest absolute Gasteiger partial charge is 0.416 e. The Morgan fingerprint density at radius 2 is 1.82 bits per heavy atom. The van der Waals surface area contributed by atoms with Crippen molar-refractivity contribution in [2.24, 2.45) is 5.92 Å². The van der Waals surface area contributed by atoms with Gasteiger partial charge in [0.2, 0.25) is 0 Å². The first-order chi connectivity index (χ1) is 17.8. The summed E-state index contributed by atoms with van der Waals surface area (Å²) in [5.74, 6) is -0.764. The Morgan fingerprint density at radius 3 is 2.42 bits per heavy atom. The maximum Gasteiger partial charge on any atom is 0.416 e. The van der Waals surface area contributed by atoms with Crippen LogP contribution in [-0.2, 0) is 28.4 Å². The van der Waals surface area contributed by atoms with Crippen LogP contribution in [0.4, 0.5) is 30.7 Å². The maximum atomic E-state index is 13.8. The highest BCUT2D eigenvalue weighted by molar-refractivity contribution is 5.35. The summed E-state index contributed by atoms with van der Waals surface area (Å²) in [6.45, 7) is 1.85. The van der Waals surface area contributed by atoms with Crippen molar-refractivity contribution in [3.05, 3.63) is 87.4 Å². The molecule has 1 aliphatic carbocycles. The van der Waals surface area contributed by atoms with Gasteiger partial charge in [0, 0.05) is 12.5 Å². The molecule has 38 heavy (non-hydrogen) atoms. The number of aromatic nitrogens is 3. The third-order valence-corrected chi connectivity index (χ3v) is 6.14. The van der Waals surface area contributed by atoms with Crippen LogP contribution >= 0.6 is 0 Å². The van der Waals surface area contributed by atoms with Gasteiger partial charge in [-0.2, -0.15) is 31.4 Å². The smallest absolute Gasteiger partial charge is 0.350 e. The van der Waals surface area contributed by atoms with Gasteiger partial charge in [0.05, 0.1) is 36.4 Å². The minimum atomic E-state index is -5.01. The van der Waals surface area contributed by atoms with Crippen LogP contribution in [0.3, 0.4) is 0 Å². The van der Waals surface area contributed by atoms with Gasteiger partial charge in [0.15, 0.2) is 6.29 Å². The number of ether oxygens (including phenoxy) is 2. The van der Waals surface area contributed by atoms with Crippen molar-refractivity contribution >= 4 is 0 Å². The minimum Gasteiger partial charge on any atom is -0.350 e. The molecule has 0 radical (unpaired) electrons. The lowest BCUT2D eigenvalue weighted by Crippen LogP contribution is -2.55. The van der Waals surface area contributed by atoms with Gasteiger partial charge in [0.1, 0.15) is 11.7 Å². The molecule has 4 rings (SSSR count). The number of nitrogens with one attached hydrogen (secondary N) is 2. The fraction of sp³-hybridized carbons (Fsp3) is 0.417. The number of nitrogens with zero attached hydrogens (tertiary/aromatic N) is 2. The molecule has 2 N–H and O–H groups in total. The van der Waals surface area contributed by atoms with Crippen LogP contribution in [0.2, 0.25) is 0 Å². The monoisotopic (exact) mass is 548 g/mol. The summed E-state index contributed by atoms with van der Waals surface area (Å²) in [5, 5.41) is 6.13. The summed E-state index contributed by atoms with van der Waals surface area (Å²) in [6.07, 6.45) is -5.26. The summed E-state index contributed by atoms with van der Waals surface area (Å²) in [4.78, 5) is 15.8. The molecule has 2 aliphatic rings. The Balaban J connectivity index is 1.66. The van der Waals surface area contributed by atoms with E-state index in [0.29, 0.717) is 18.7 Å². The lowest BCUT2D eigenvalue weighted by atomic mass is 9.95. The van der Waals surface area contributed by atoms with Crippen molar-refractivity contribution in [3.63, 3.8) is 0 Å². The predicted molar refractivity (Wildman–Crippen MR) is 120 cm³/mol. The van der Waals surface area contributed by atoms with Crippen molar-refractivity contribution in [1.82, 2.24) is 20.1 Å². The van der Waals surface area contributed by atoms with E-state index < -0.39 is 59.3 Å². The number of benzene rings is 1. The van der Waals surface area contributed by atoms with Crippen LogP contribution < -0.4 is 5.69 Å². The molecule has 14 heteroatoms. The number of hydrogen-bond donors (Lipinski definition) is 2. The molecule has 7 nitrogen and oxygen atoms in total. The van der Waals surface area contributed by atoms with Crippen molar-refractivity contribution in [3.8, 4) is 0 Å². The molecule has 1 aromatic heterocycles. The lowest BCUT2D eigenvalue weighted by molar-refractivity contribution is -0.233. The summed E-state index contributed by atoms with van der Waals surface area (Å²) >= 11 is 0. The fourth-order valence-electron chi connectivity index (χ4n) is 4.33. The number of alkyl halides is 6. The molecule has 4 unspecified atom stereocenters. The summed E-state index contributed by atoms with van der Waals surface area (Å²) in [6, 6.07) is 0.556. The van der Waals surface area contributed by atoms with E-state index in [1.54, 1.807) is 12.2 Å². The van der Waals surface area contributed by atoms with Crippen molar-refractivity contribution < 1.29 is 40.2 Å². The van der Waals surface area contributed by atoms with Gasteiger partial charge >= 0.3 is 18.0 Å². The second-order valence-corrected chi connectivity index (χ2v) is 8.82. The molecule has 1 saturated heterocycles. The first-order valence-electron chi connectivity index (χ1n) is 11.5. The molecule has 2 heterocycles. The molecule has 206 valence electrons. The third-order valence-electron chi connectivity index (χ3n) is 6.14. The quantitative estimate of drug-likeness (QED) is 0.495. The number of halogens is 7. The zero-order valence-corrected chi connectivity index (χ0v) is 19.8. The molecule has 0 saturated carbocycles. The maximum absolute atomic E-state index is 13.8. The van der Waals surface area contributed by atoms with Gasteiger partial charge in [-0.05, 0) is 42.8 Å². The first-order valence-corrected chi connectivity index (χ1v) is 11.5. The highest BCUT2D eigenvalue weighted by Gasteiger charge is 2.40. The number of rotatable bonds is 6. The second-order valence-electron chi connectivity index (χ2n) is 8.82. The van der Waals surface area contributed by atoms with Crippen LogP contribution in [0.25, 0.3) is 0 Å². The Labute approximate surface area is 211 Å². The van der Waals surface area contributed by atoms with Crippen molar-refractivity contribution in [1.29, 1.82) is 0 Å². The average Bonchev–Trinajstić information content (AvgIpc) is 3.12. The van der Waals surface area contributed by atoms with E-state index in [1.807, 2.05) is 4.90 Å². The van der Waals surface area contributed by atoms with Crippen molar-refractivity contribution in [2.75, 3.05) is 13.2 Å². The van der Waals surface area contributed by atoms with Gasteiger partial charge in [-0.25, -0.2) is 14.3 Å². The molecular weight excluding hydrogens is 525 g/mol. The number of allylic oxidation sites excluding steroid dienone is 4. The van der Waals surface area contributed by atoms with E-state index in [4.69, 9.17) is 9.47 Å². The molecule has 1 fully saturated rings. The Morgan fingerprint density at radius 1 is 1.13 bits per heavy atom. The third kappa shape index (κ3) is 6.60. The first kappa shape index (κ1) is 27.8. The van der Waals surface area contributed by atoms with Crippen LogP contribution in [0, 0.1) is 5.92 Å². The SMILES string of the molecule is CC(OC1OCCN(Cc2n[nH]c(=O)[nH]2)C1C1C=CC=C(F)C=C1)c1cc(C(F)(F)F)cc(C(F)(F)F)c1. The molecule has 0 amide bonds. The zero-order chi connectivity index (χ0) is 27.7. The Hall–Kier alpha value is -3.23. The number of H-pyrrole nitrogens is 2. The second kappa shape index (κ2) is 10.9. The van der Waals surface area contributed by atoms with Gasteiger partial charge in [-0.1, -0.05) is 18.2 Å². The van der Waals surface area contributed by atoms with Gasteiger partial charge in [-0.15, -0.1) is 0 Å². The minimum absolute atomic E-state index is 0.0468. The van der Waals surface area contributed by atoms with E-state index in [2.05, 4.69) is 15.2 Å². The molecule has 2 aromatic rings.